The number of carbonyl (C=O) groups is 1. The van der Waals surface area contributed by atoms with Crippen molar-refractivity contribution in [1.82, 2.24) is 15.1 Å². The van der Waals surface area contributed by atoms with Crippen LogP contribution in [0.1, 0.15) is 17.8 Å². The number of aryl methyl sites for hydroxylation is 1. The molecule has 1 amide bonds. The number of aromatic nitrogens is 2. The van der Waals surface area contributed by atoms with Crippen molar-refractivity contribution in [2.45, 2.75) is 31.7 Å². The number of hydrogen-bond donors (Lipinski definition) is 1. The van der Waals surface area contributed by atoms with Crippen molar-refractivity contribution in [3.05, 3.63) is 11.4 Å². The first-order valence-electron chi connectivity index (χ1n) is 6.01. The maximum absolute atomic E-state index is 11.7. The van der Waals surface area contributed by atoms with Gasteiger partial charge < -0.3 is 10.1 Å². The van der Waals surface area contributed by atoms with Crippen LogP contribution in [0.3, 0.4) is 0 Å². The molecule has 1 aromatic rings. The molecule has 0 spiro atoms. The van der Waals surface area contributed by atoms with Gasteiger partial charge in [0.2, 0.25) is 5.91 Å². The number of methoxy groups -OCH3 is 1. The van der Waals surface area contributed by atoms with Gasteiger partial charge in [-0.25, -0.2) is 8.42 Å². The highest BCUT2D eigenvalue weighted by Crippen LogP contribution is 2.22. The van der Waals surface area contributed by atoms with Gasteiger partial charge in [0.25, 0.3) is 9.05 Å². The Kier molecular flexibility index (Phi) is 5.97. The molecule has 0 aliphatic rings. The van der Waals surface area contributed by atoms with Crippen LogP contribution in [0.4, 0.5) is 0 Å². The van der Waals surface area contributed by atoms with E-state index in [2.05, 4.69) is 10.4 Å². The second-order valence-electron chi connectivity index (χ2n) is 4.29. The zero-order valence-corrected chi connectivity index (χ0v) is 13.2. The van der Waals surface area contributed by atoms with Crippen molar-refractivity contribution < 1.29 is 17.9 Å². The summed E-state index contributed by atoms with van der Waals surface area (Å²) in [4.78, 5) is 11.7. The summed E-state index contributed by atoms with van der Waals surface area (Å²) in [5.41, 5.74) is 0.634. The third-order valence-electron chi connectivity index (χ3n) is 2.70. The molecule has 1 heterocycles. The molecule has 9 heteroatoms. The van der Waals surface area contributed by atoms with Gasteiger partial charge >= 0.3 is 0 Å². The van der Waals surface area contributed by atoms with E-state index >= 15 is 0 Å². The lowest BCUT2D eigenvalue weighted by Crippen LogP contribution is -2.29. The standard InChI is InChI=1S/C11H18ClN3O4S/c1-8-11(20(12,17)18)9(2)15(14-8)7-10(16)13-5-4-6-19-3/h4-7H2,1-3H3,(H,13,16). The summed E-state index contributed by atoms with van der Waals surface area (Å²) in [6.07, 6.45) is 0.709. The quantitative estimate of drug-likeness (QED) is 0.585. The Labute approximate surface area is 122 Å². The molecule has 0 radical (unpaired) electrons. The fraction of sp³-hybridized carbons (Fsp3) is 0.636. The van der Waals surface area contributed by atoms with E-state index in [0.717, 1.165) is 0 Å². The third kappa shape index (κ3) is 4.46. The molecule has 0 aliphatic carbocycles. The summed E-state index contributed by atoms with van der Waals surface area (Å²) >= 11 is 0. The molecule has 0 aliphatic heterocycles. The van der Waals surface area contributed by atoms with Crippen molar-refractivity contribution in [2.24, 2.45) is 0 Å². The molecule has 0 saturated heterocycles. The number of halogens is 1. The van der Waals surface area contributed by atoms with E-state index in [1.54, 1.807) is 14.0 Å². The normalized spacial score (nSPS) is 11.6. The molecule has 0 unspecified atom stereocenters. The van der Waals surface area contributed by atoms with E-state index < -0.39 is 9.05 Å². The SMILES string of the molecule is COCCCNC(=O)Cn1nc(C)c(S(=O)(=O)Cl)c1C. The van der Waals surface area contributed by atoms with Gasteiger partial charge in [0, 0.05) is 30.9 Å². The zero-order valence-electron chi connectivity index (χ0n) is 11.6. The number of amides is 1. The van der Waals surface area contributed by atoms with Crippen LogP contribution in [0.5, 0.6) is 0 Å². The highest BCUT2D eigenvalue weighted by Gasteiger charge is 2.23. The minimum atomic E-state index is -3.86. The summed E-state index contributed by atoms with van der Waals surface area (Å²) in [7, 11) is 3.07. The fourth-order valence-corrected chi connectivity index (χ4v) is 3.35. The van der Waals surface area contributed by atoms with Gasteiger partial charge in [0.1, 0.15) is 11.4 Å². The Balaban J connectivity index is 2.72. The van der Waals surface area contributed by atoms with Crippen LogP contribution in [0, 0.1) is 13.8 Å². The molecule has 1 rings (SSSR count). The van der Waals surface area contributed by atoms with E-state index in [0.29, 0.717) is 25.3 Å². The first-order chi connectivity index (χ1) is 9.27. The minimum absolute atomic E-state index is 0.0358. The van der Waals surface area contributed by atoms with Crippen LogP contribution in [-0.4, -0.2) is 44.4 Å². The number of nitrogens with zero attached hydrogens (tertiary/aromatic N) is 2. The smallest absolute Gasteiger partial charge is 0.264 e. The van der Waals surface area contributed by atoms with Gasteiger partial charge in [-0.3, -0.25) is 9.48 Å². The van der Waals surface area contributed by atoms with E-state index in [9.17, 15) is 13.2 Å². The van der Waals surface area contributed by atoms with Gasteiger partial charge in [-0.05, 0) is 20.3 Å². The topological polar surface area (TPSA) is 90.3 Å². The average molecular weight is 324 g/mol. The van der Waals surface area contributed by atoms with Gasteiger partial charge in [-0.1, -0.05) is 0 Å². The van der Waals surface area contributed by atoms with Gasteiger partial charge in [-0.2, -0.15) is 5.10 Å². The summed E-state index contributed by atoms with van der Waals surface area (Å²) in [5, 5.41) is 6.73. The Morgan fingerprint density at radius 2 is 2.10 bits per heavy atom. The van der Waals surface area contributed by atoms with Crippen LogP contribution in [0.15, 0.2) is 4.90 Å². The highest BCUT2D eigenvalue weighted by molar-refractivity contribution is 8.13. The molecule has 20 heavy (non-hydrogen) atoms. The van der Waals surface area contributed by atoms with Crippen molar-refractivity contribution in [1.29, 1.82) is 0 Å². The van der Waals surface area contributed by atoms with Crippen molar-refractivity contribution in [3.8, 4) is 0 Å². The summed E-state index contributed by atoms with van der Waals surface area (Å²) in [6.45, 7) is 4.11. The van der Waals surface area contributed by atoms with E-state index in [1.165, 1.54) is 11.6 Å². The molecule has 0 aromatic carbocycles. The molecule has 7 nitrogen and oxygen atoms in total. The molecule has 114 valence electrons. The molecule has 0 fully saturated rings. The molecule has 1 N–H and O–H groups in total. The lowest BCUT2D eigenvalue weighted by Gasteiger charge is -2.06. The van der Waals surface area contributed by atoms with Crippen LogP contribution in [-0.2, 0) is 25.1 Å². The third-order valence-corrected chi connectivity index (χ3v) is 4.24. The Bertz CT molecular complexity index is 583. The van der Waals surface area contributed by atoms with Crippen molar-refractivity contribution in [3.63, 3.8) is 0 Å². The molecule has 0 bridgehead atoms. The largest absolute Gasteiger partial charge is 0.385 e. The number of hydrogen-bond acceptors (Lipinski definition) is 5. The number of ether oxygens (including phenoxy) is 1. The lowest BCUT2D eigenvalue weighted by molar-refractivity contribution is -0.121. The molecular formula is C11H18ClN3O4S. The van der Waals surface area contributed by atoms with E-state index in [4.69, 9.17) is 15.4 Å². The number of rotatable bonds is 7. The summed E-state index contributed by atoms with van der Waals surface area (Å²) < 4.78 is 29.0. The fourth-order valence-electron chi connectivity index (χ4n) is 1.82. The predicted octanol–water partition coefficient (Wildman–Crippen LogP) is 0.580. The highest BCUT2D eigenvalue weighted by atomic mass is 35.7. The van der Waals surface area contributed by atoms with Crippen molar-refractivity contribution >= 4 is 25.6 Å². The maximum atomic E-state index is 11.7. The molecule has 0 saturated carbocycles. The number of nitrogens with one attached hydrogen (secondary N) is 1. The van der Waals surface area contributed by atoms with Gasteiger partial charge in [0.05, 0.1) is 11.4 Å². The van der Waals surface area contributed by atoms with Crippen LogP contribution >= 0.6 is 10.7 Å². The Morgan fingerprint density at radius 1 is 1.45 bits per heavy atom. The lowest BCUT2D eigenvalue weighted by atomic mass is 10.4. The molecule has 1 aromatic heterocycles. The summed E-state index contributed by atoms with van der Waals surface area (Å²) in [6, 6.07) is 0. The van der Waals surface area contributed by atoms with Gasteiger partial charge in [0.15, 0.2) is 0 Å². The van der Waals surface area contributed by atoms with E-state index in [1.807, 2.05) is 0 Å². The average Bonchev–Trinajstić information content (AvgIpc) is 2.59. The molecule has 0 atom stereocenters. The monoisotopic (exact) mass is 323 g/mol. The summed E-state index contributed by atoms with van der Waals surface area (Å²) in [5.74, 6) is -0.245. The van der Waals surface area contributed by atoms with Crippen LogP contribution < -0.4 is 5.32 Å². The second kappa shape index (κ2) is 7.05. The first-order valence-corrected chi connectivity index (χ1v) is 8.32. The Morgan fingerprint density at radius 3 is 2.60 bits per heavy atom. The first kappa shape index (κ1) is 16.9. The van der Waals surface area contributed by atoms with Gasteiger partial charge in [-0.15, -0.1) is 0 Å². The van der Waals surface area contributed by atoms with Crippen LogP contribution in [0.2, 0.25) is 0 Å². The zero-order chi connectivity index (χ0) is 15.3. The molecular weight excluding hydrogens is 306 g/mol. The minimum Gasteiger partial charge on any atom is -0.385 e. The second-order valence-corrected chi connectivity index (χ2v) is 6.79. The van der Waals surface area contributed by atoms with Crippen molar-refractivity contribution in [2.75, 3.05) is 20.3 Å². The maximum Gasteiger partial charge on any atom is 0.264 e. The van der Waals surface area contributed by atoms with E-state index in [-0.39, 0.29) is 23.0 Å². The Hall–Kier alpha value is -1.12. The predicted molar refractivity (Wildman–Crippen MR) is 74.2 cm³/mol. The number of carbonyl (C=O) groups excluding carboxylic acids is 1. The van der Waals surface area contributed by atoms with Crippen LogP contribution in [0.25, 0.3) is 0 Å².